The molecule has 1 N–H and O–H groups in total. The molecule has 1 unspecified atom stereocenters. The quantitative estimate of drug-likeness (QED) is 0.638. The van der Waals surface area contributed by atoms with Gasteiger partial charge in [0.2, 0.25) is 0 Å². The molecule has 0 aliphatic carbocycles. The minimum atomic E-state index is -0.310. The molecule has 0 amide bonds. The van der Waals surface area contributed by atoms with E-state index in [1.54, 1.807) is 0 Å². The number of ether oxygens (including phenoxy) is 1. The van der Waals surface area contributed by atoms with E-state index in [2.05, 4.69) is 19.2 Å². The first-order chi connectivity index (χ1) is 5.72. The van der Waals surface area contributed by atoms with Crippen LogP contribution in [0.15, 0.2) is 0 Å². The Labute approximate surface area is 74.5 Å². The van der Waals surface area contributed by atoms with E-state index < -0.39 is 0 Å². The summed E-state index contributed by atoms with van der Waals surface area (Å²) in [6, 6.07) is 0.278. The first-order valence-electron chi connectivity index (χ1n) is 4.59. The van der Waals surface area contributed by atoms with Crippen LogP contribution in [0.1, 0.15) is 20.8 Å². The average molecular weight is 177 g/mol. The Bertz CT molecular complexity index is 90.5. The summed E-state index contributed by atoms with van der Waals surface area (Å²) in [5.74, 6) is 0.489. The van der Waals surface area contributed by atoms with E-state index in [1.165, 1.54) is 0 Å². The highest BCUT2D eigenvalue weighted by atomic mass is 19.1. The predicted molar refractivity (Wildman–Crippen MR) is 49.1 cm³/mol. The van der Waals surface area contributed by atoms with Crippen molar-refractivity contribution in [3.8, 4) is 0 Å². The van der Waals surface area contributed by atoms with E-state index in [1.807, 2.05) is 6.92 Å². The molecule has 1 atom stereocenters. The van der Waals surface area contributed by atoms with E-state index in [9.17, 15) is 4.39 Å². The van der Waals surface area contributed by atoms with Crippen molar-refractivity contribution in [3.05, 3.63) is 0 Å². The minimum Gasteiger partial charge on any atom is -0.380 e. The summed E-state index contributed by atoms with van der Waals surface area (Å²) in [7, 11) is 0. The number of hydrogen-bond donors (Lipinski definition) is 1. The zero-order chi connectivity index (χ0) is 9.40. The highest BCUT2D eigenvalue weighted by Gasteiger charge is 2.11. The summed E-state index contributed by atoms with van der Waals surface area (Å²) in [4.78, 5) is 0. The van der Waals surface area contributed by atoms with Gasteiger partial charge in [0.15, 0.2) is 0 Å². The van der Waals surface area contributed by atoms with Gasteiger partial charge in [0, 0.05) is 19.2 Å². The van der Waals surface area contributed by atoms with Crippen LogP contribution in [0.2, 0.25) is 0 Å². The smallest absolute Gasteiger partial charge is 0.102 e. The van der Waals surface area contributed by atoms with Crippen molar-refractivity contribution in [1.82, 2.24) is 5.32 Å². The van der Waals surface area contributed by atoms with Crippen LogP contribution in [0.3, 0.4) is 0 Å². The number of rotatable bonds is 7. The van der Waals surface area contributed by atoms with Gasteiger partial charge < -0.3 is 10.1 Å². The zero-order valence-electron chi connectivity index (χ0n) is 8.27. The maximum absolute atomic E-state index is 11.8. The molecule has 0 saturated carbocycles. The summed E-state index contributed by atoms with van der Waals surface area (Å²) >= 11 is 0. The SMILES string of the molecule is CCOCC(NCCF)C(C)C. The molecule has 0 aliphatic rings. The van der Waals surface area contributed by atoms with Gasteiger partial charge in [0.1, 0.15) is 6.67 Å². The van der Waals surface area contributed by atoms with Gasteiger partial charge in [-0.15, -0.1) is 0 Å². The van der Waals surface area contributed by atoms with Crippen LogP contribution in [0, 0.1) is 5.92 Å². The summed E-state index contributed by atoms with van der Waals surface area (Å²) in [5.41, 5.74) is 0. The van der Waals surface area contributed by atoms with Crippen molar-refractivity contribution >= 4 is 0 Å². The second kappa shape index (κ2) is 7.50. The molecule has 0 saturated heterocycles. The van der Waals surface area contributed by atoms with E-state index in [4.69, 9.17) is 4.74 Å². The molecule has 0 spiro atoms. The Morgan fingerprint density at radius 2 is 2.08 bits per heavy atom. The molecule has 0 radical (unpaired) electrons. The van der Waals surface area contributed by atoms with E-state index in [0.717, 1.165) is 6.61 Å². The Morgan fingerprint density at radius 1 is 1.42 bits per heavy atom. The summed E-state index contributed by atoms with van der Waals surface area (Å²) < 4.78 is 17.1. The van der Waals surface area contributed by atoms with Gasteiger partial charge in [-0.05, 0) is 12.8 Å². The molecule has 12 heavy (non-hydrogen) atoms. The second-order valence-electron chi connectivity index (χ2n) is 3.15. The van der Waals surface area contributed by atoms with Gasteiger partial charge in [-0.2, -0.15) is 0 Å². The third kappa shape index (κ3) is 5.49. The van der Waals surface area contributed by atoms with Crippen molar-refractivity contribution < 1.29 is 9.13 Å². The van der Waals surface area contributed by atoms with Gasteiger partial charge in [-0.25, -0.2) is 4.39 Å². The molecule has 0 aliphatic heterocycles. The zero-order valence-corrected chi connectivity index (χ0v) is 8.27. The molecule has 3 heteroatoms. The lowest BCUT2D eigenvalue weighted by Crippen LogP contribution is -2.39. The predicted octanol–water partition coefficient (Wildman–Crippen LogP) is 1.61. The lowest BCUT2D eigenvalue weighted by Gasteiger charge is -2.21. The Hall–Kier alpha value is -0.150. The molecule has 0 fully saturated rings. The highest BCUT2D eigenvalue weighted by Crippen LogP contribution is 2.01. The molecule has 74 valence electrons. The second-order valence-corrected chi connectivity index (χ2v) is 3.15. The molecule has 0 aromatic rings. The number of halogens is 1. The van der Waals surface area contributed by atoms with Crippen molar-refractivity contribution in [2.75, 3.05) is 26.4 Å². The summed E-state index contributed by atoms with van der Waals surface area (Å²) in [6.07, 6.45) is 0. The molecule has 0 aromatic heterocycles. The minimum absolute atomic E-state index is 0.278. The fraction of sp³-hybridized carbons (Fsp3) is 1.00. The van der Waals surface area contributed by atoms with E-state index in [-0.39, 0.29) is 12.7 Å². The molecule has 0 aromatic carbocycles. The van der Waals surface area contributed by atoms with Crippen LogP contribution in [0.25, 0.3) is 0 Å². The van der Waals surface area contributed by atoms with Crippen LogP contribution < -0.4 is 5.32 Å². The van der Waals surface area contributed by atoms with Gasteiger partial charge >= 0.3 is 0 Å². The lowest BCUT2D eigenvalue weighted by molar-refractivity contribution is 0.108. The fourth-order valence-electron chi connectivity index (χ4n) is 0.972. The standard InChI is InChI=1S/C9H20FNO/c1-4-12-7-9(8(2)3)11-6-5-10/h8-9,11H,4-7H2,1-3H3. The van der Waals surface area contributed by atoms with Crippen molar-refractivity contribution in [2.24, 2.45) is 5.92 Å². The van der Waals surface area contributed by atoms with Gasteiger partial charge in [0.25, 0.3) is 0 Å². The Morgan fingerprint density at radius 3 is 2.50 bits per heavy atom. The van der Waals surface area contributed by atoms with Crippen LogP contribution in [0.4, 0.5) is 4.39 Å². The number of nitrogens with one attached hydrogen (secondary N) is 1. The number of hydrogen-bond acceptors (Lipinski definition) is 2. The Kier molecular flexibility index (Phi) is 7.40. The van der Waals surface area contributed by atoms with Gasteiger partial charge in [0.05, 0.1) is 6.61 Å². The monoisotopic (exact) mass is 177 g/mol. The van der Waals surface area contributed by atoms with Crippen LogP contribution >= 0.6 is 0 Å². The maximum atomic E-state index is 11.8. The first-order valence-corrected chi connectivity index (χ1v) is 4.59. The Balaban J connectivity index is 3.55. The molecular weight excluding hydrogens is 157 g/mol. The van der Waals surface area contributed by atoms with Crippen molar-refractivity contribution in [3.63, 3.8) is 0 Å². The number of alkyl halides is 1. The summed E-state index contributed by atoms with van der Waals surface area (Å²) in [6.45, 7) is 7.69. The van der Waals surface area contributed by atoms with Crippen LogP contribution in [-0.2, 0) is 4.74 Å². The third-order valence-corrected chi connectivity index (χ3v) is 1.81. The van der Waals surface area contributed by atoms with Gasteiger partial charge in [-0.1, -0.05) is 13.8 Å². The van der Waals surface area contributed by atoms with Crippen LogP contribution in [-0.4, -0.2) is 32.5 Å². The van der Waals surface area contributed by atoms with E-state index in [0.29, 0.717) is 19.1 Å². The molecule has 2 nitrogen and oxygen atoms in total. The summed E-state index contributed by atoms with van der Waals surface area (Å²) in [5, 5.41) is 3.10. The van der Waals surface area contributed by atoms with Gasteiger partial charge in [-0.3, -0.25) is 0 Å². The highest BCUT2D eigenvalue weighted by molar-refractivity contribution is 4.69. The molecule has 0 bridgehead atoms. The lowest BCUT2D eigenvalue weighted by atomic mass is 10.1. The fourth-order valence-corrected chi connectivity index (χ4v) is 0.972. The molecular formula is C9H20FNO. The van der Waals surface area contributed by atoms with E-state index >= 15 is 0 Å². The largest absolute Gasteiger partial charge is 0.380 e. The topological polar surface area (TPSA) is 21.3 Å². The van der Waals surface area contributed by atoms with Crippen LogP contribution in [0.5, 0.6) is 0 Å². The maximum Gasteiger partial charge on any atom is 0.102 e. The molecule has 0 rings (SSSR count). The van der Waals surface area contributed by atoms with Crippen molar-refractivity contribution in [2.45, 2.75) is 26.8 Å². The normalized spacial score (nSPS) is 13.8. The van der Waals surface area contributed by atoms with Crippen molar-refractivity contribution in [1.29, 1.82) is 0 Å². The third-order valence-electron chi connectivity index (χ3n) is 1.81. The molecule has 0 heterocycles. The first kappa shape index (κ1) is 11.8. The average Bonchev–Trinajstić information content (AvgIpc) is 2.04.